The lowest BCUT2D eigenvalue weighted by Gasteiger charge is -2.11. The first-order chi connectivity index (χ1) is 11.9. The lowest BCUT2D eigenvalue weighted by Crippen LogP contribution is -2.17. The molecule has 0 spiro atoms. The van der Waals surface area contributed by atoms with Crippen molar-refractivity contribution in [2.24, 2.45) is 0 Å². The Morgan fingerprint density at radius 1 is 1.12 bits per heavy atom. The Hall–Kier alpha value is -3.25. The summed E-state index contributed by atoms with van der Waals surface area (Å²) in [4.78, 5) is 8.60. The number of nitriles is 1. The van der Waals surface area contributed by atoms with Gasteiger partial charge in [-0.3, -0.25) is 4.72 Å². The third kappa shape index (κ3) is 3.34. The lowest BCUT2D eigenvalue weighted by molar-refractivity contribution is 0.600. The van der Waals surface area contributed by atoms with E-state index in [0.717, 1.165) is 0 Å². The van der Waals surface area contributed by atoms with Gasteiger partial charge < -0.3 is 0 Å². The van der Waals surface area contributed by atoms with Crippen molar-refractivity contribution in [1.82, 2.24) is 19.7 Å². The van der Waals surface area contributed by atoms with Crippen LogP contribution in [0.15, 0.2) is 47.5 Å². The minimum absolute atomic E-state index is 0.00338. The second-order valence-electron chi connectivity index (χ2n) is 5.30. The zero-order valence-corrected chi connectivity index (χ0v) is 14.3. The van der Waals surface area contributed by atoms with Crippen molar-refractivity contribution in [1.29, 1.82) is 5.26 Å². The van der Waals surface area contributed by atoms with Gasteiger partial charge in [-0.1, -0.05) is 18.2 Å². The first kappa shape index (κ1) is 16.6. The SMILES string of the molecule is Cc1cc(C)nc(-n2ncc(C#N)c2NS(=O)(=O)c2ccccc2)n1. The maximum atomic E-state index is 12.6. The van der Waals surface area contributed by atoms with Gasteiger partial charge in [0.25, 0.3) is 16.0 Å². The molecule has 0 aliphatic carbocycles. The van der Waals surface area contributed by atoms with Crippen LogP contribution in [0.25, 0.3) is 5.95 Å². The Labute approximate surface area is 144 Å². The van der Waals surface area contributed by atoms with Crippen LogP contribution >= 0.6 is 0 Å². The fourth-order valence-corrected chi connectivity index (χ4v) is 3.35. The second kappa shape index (κ2) is 6.33. The normalized spacial score (nSPS) is 11.1. The van der Waals surface area contributed by atoms with Gasteiger partial charge in [0.05, 0.1) is 11.1 Å². The van der Waals surface area contributed by atoms with E-state index in [-0.39, 0.29) is 22.2 Å². The quantitative estimate of drug-likeness (QED) is 0.766. The average Bonchev–Trinajstić information content (AvgIpc) is 2.97. The van der Waals surface area contributed by atoms with E-state index in [1.807, 2.05) is 6.07 Å². The summed E-state index contributed by atoms with van der Waals surface area (Å²) >= 11 is 0. The van der Waals surface area contributed by atoms with Crippen molar-refractivity contribution in [3.05, 3.63) is 59.5 Å². The van der Waals surface area contributed by atoms with Crippen LogP contribution in [-0.4, -0.2) is 28.2 Å². The number of nitrogens with zero attached hydrogens (tertiary/aromatic N) is 5. The summed E-state index contributed by atoms with van der Waals surface area (Å²) in [5, 5.41) is 13.3. The summed E-state index contributed by atoms with van der Waals surface area (Å²) in [5.74, 6) is 0.182. The largest absolute Gasteiger partial charge is 0.263 e. The predicted molar refractivity (Wildman–Crippen MR) is 90.6 cm³/mol. The van der Waals surface area contributed by atoms with Crippen LogP contribution in [0, 0.1) is 25.2 Å². The molecule has 0 saturated carbocycles. The third-order valence-corrected chi connectivity index (χ3v) is 4.69. The van der Waals surface area contributed by atoms with Gasteiger partial charge in [0.15, 0.2) is 5.82 Å². The molecule has 0 bridgehead atoms. The molecule has 1 aromatic carbocycles. The van der Waals surface area contributed by atoms with Gasteiger partial charge in [0.1, 0.15) is 11.6 Å². The van der Waals surface area contributed by atoms with Gasteiger partial charge in [-0.2, -0.15) is 15.0 Å². The zero-order valence-electron chi connectivity index (χ0n) is 13.5. The molecule has 3 aromatic rings. The Morgan fingerprint density at radius 3 is 2.36 bits per heavy atom. The molecule has 0 saturated heterocycles. The zero-order chi connectivity index (χ0) is 18.0. The number of sulfonamides is 1. The average molecular weight is 354 g/mol. The van der Waals surface area contributed by atoms with E-state index in [1.54, 1.807) is 38.1 Å². The fraction of sp³-hybridized carbons (Fsp3) is 0.125. The fourth-order valence-electron chi connectivity index (χ4n) is 2.27. The second-order valence-corrected chi connectivity index (χ2v) is 6.98. The molecule has 1 N–H and O–H groups in total. The van der Waals surface area contributed by atoms with Gasteiger partial charge in [0.2, 0.25) is 0 Å². The Balaban J connectivity index is 2.11. The highest BCUT2D eigenvalue weighted by atomic mass is 32.2. The van der Waals surface area contributed by atoms with Gasteiger partial charge in [-0.25, -0.2) is 18.4 Å². The number of aryl methyl sites for hydroxylation is 2. The van der Waals surface area contributed by atoms with Gasteiger partial charge in [-0.15, -0.1) is 0 Å². The number of nitrogens with one attached hydrogen (secondary N) is 1. The highest BCUT2D eigenvalue weighted by Crippen LogP contribution is 2.22. The maximum absolute atomic E-state index is 12.6. The summed E-state index contributed by atoms with van der Waals surface area (Å²) in [6.07, 6.45) is 1.27. The summed E-state index contributed by atoms with van der Waals surface area (Å²) in [5.41, 5.74) is 1.48. The van der Waals surface area contributed by atoms with Crippen LogP contribution in [-0.2, 0) is 10.0 Å². The predicted octanol–water partition coefficient (Wildman–Crippen LogP) is 1.95. The molecule has 3 rings (SSSR count). The minimum atomic E-state index is -3.88. The van der Waals surface area contributed by atoms with E-state index >= 15 is 0 Å². The molecule has 126 valence electrons. The van der Waals surface area contributed by atoms with Crippen molar-refractivity contribution in [2.45, 2.75) is 18.7 Å². The van der Waals surface area contributed by atoms with Gasteiger partial charge in [0, 0.05) is 11.4 Å². The number of anilines is 1. The molecule has 8 nitrogen and oxygen atoms in total. The monoisotopic (exact) mass is 354 g/mol. The van der Waals surface area contributed by atoms with E-state index in [0.29, 0.717) is 11.4 Å². The van der Waals surface area contributed by atoms with E-state index in [2.05, 4.69) is 19.8 Å². The summed E-state index contributed by atoms with van der Waals surface area (Å²) < 4.78 is 28.8. The van der Waals surface area contributed by atoms with E-state index in [4.69, 9.17) is 0 Å². The molecule has 0 fully saturated rings. The van der Waals surface area contributed by atoms with Crippen LogP contribution in [0.1, 0.15) is 17.0 Å². The third-order valence-electron chi connectivity index (χ3n) is 3.33. The first-order valence-corrected chi connectivity index (χ1v) is 8.77. The number of aromatic nitrogens is 4. The molecule has 2 aromatic heterocycles. The van der Waals surface area contributed by atoms with E-state index < -0.39 is 10.0 Å². The van der Waals surface area contributed by atoms with Crippen molar-refractivity contribution < 1.29 is 8.42 Å². The highest BCUT2D eigenvalue weighted by molar-refractivity contribution is 7.92. The first-order valence-electron chi connectivity index (χ1n) is 7.29. The van der Waals surface area contributed by atoms with Gasteiger partial charge in [-0.05, 0) is 32.0 Å². The molecule has 25 heavy (non-hydrogen) atoms. The van der Waals surface area contributed by atoms with E-state index in [1.165, 1.54) is 23.0 Å². The molecule has 0 aliphatic rings. The molecule has 2 heterocycles. The van der Waals surface area contributed by atoms with Crippen LogP contribution in [0.5, 0.6) is 0 Å². The van der Waals surface area contributed by atoms with Gasteiger partial charge >= 0.3 is 0 Å². The van der Waals surface area contributed by atoms with Crippen LogP contribution in [0.2, 0.25) is 0 Å². The molecule has 0 unspecified atom stereocenters. The van der Waals surface area contributed by atoms with Crippen molar-refractivity contribution in [2.75, 3.05) is 4.72 Å². The maximum Gasteiger partial charge on any atom is 0.263 e. The van der Waals surface area contributed by atoms with Crippen LogP contribution < -0.4 is 4.72 Å². The molecule has 0 aliphatic heterocycles. The van der Waals surface area contributed by atoms with Crippen LogP contribution in [0.3, 0.4) is 0 Å². The van der Waals surface area contributed by atoms with E-state index in [9.17, 15) is 13.7 Å². The molecule has 0 atom stereocenters. The molecular weight excluding hydrogens is 340 g/mol. The Bertz CT molecular complexity index is 1050. The molecule has 0 radical (unpaired) electrons. The van der Waals surface area contributed by atoms with Crippen molar-refractivity contribution in [3.63, 3.8) is 0 Å². The lowest BCUT2D eigenvalue weighted by atomic mass is 10.3. The van der Waals surface area contributed by atoms with Crippen molar-refractivity contribution >= 4 is 15.8 Å². The molecule has 0 amide bonds. The molecule has 9 heteroatoms. The summed E-state index contributed by atoms with van der Waals surface area (Å²) in [7, 11) is -3.88. The number of hydrogen-bond acceptors (Lipinski definition) is 6. The Morgan fingerprint density at radius 2 is 1.76 bits per heavy atom. The molecular formula is C16H14N6O2S. The Kier molecular flexibility index (Phi) is 4.21. The summed E-state index contributed by atoms with van der Waals surface area (Å²) in [6, 6.07) is 11.6. The number of rotatable bonds is 4. The number of hydrogen-bond donors (Lipinski definition) is 1. The number of benzene rings is 1. The standard InChI is InChI=1S/C16H14N6O2S/c1-11-8-12(2)20-16(19-11)22-15(13(9-17)10-18-22)21-25(23,24)14-6-4-3-5-7-14/h3-8,10,21H,1-2H3. The minimum Gasteiger partial charge on any atom is -0.262 e. The topological polar surface area (TPSA) is 114 Å². The summed E-state index contributed by atoms with van der Waals surface area (Å²) in [6.45, 7) is 3.58. The van der Waals surface area contributed by atoms with Crippen molar-refractivity contribution in [3.8, 4) is 12.0 Å². The highest BCUT2D eigenvalue weighted by Gasteiger charge is 2.21. The smallest absolute Gasteiger partial charge is 0.262 e. The van der Waals surface area contributed by atoms with Crippen LogP contribution in [0.4, 0.5) is 5.82 Å².